The molecule has 0 aliphatic heterocycles. The minimum absolute atomic E-state index is 0.178. The molecule has 1 aromatic heterocycles. The first kappa shape index (κ1) is 9.73. The number of hydrogen-bond donors (Lipinski definition) is 1. The van der Waals surface area contributed by atoms with Crippen molar-refractivity contribution in [2.75, 3.05) is 5.73 Å². The number of aryl methyl sites for hydroxylation is 2. The Kier molecular flexibility index (Phi) is 2.14. The molecular weight excluding hydrogens is 224 g/mol. The van der Waals surface area contributed by atoms with E-state index in [1.807, 2.05) is 6.07 Å². The largest absolute Gasteiger partial charge is 0.366 e. The van der Waals surface area contributed by atoms with Crippen molar-refractivity contribution in [2.45, 2.75) is 19.3 Å². The Morgan fingerprint density at radius 2 is 2.06 bits per heavy atom. The number of aromatic nitrogens is 1. The fourth-order valence-electron chi connectivity index (χ4n) is 2.19. The summed E-state index contributed by atoms with van der Waals surface area (Å²) < 4.78 is 4.86. The van der Waals surface area contributed by atoms with Crippen LogP contribution in [-0.2, 0) is 12.8 Å². The first-order valence-electron chi connectivity index (χ1n) is 5.28. The van der Waals surface area contributed by atoms with E-state index in [0.717, 1.165) is 12.0 Å². The average Bonchev–Trinajstić information content (AvgIpc) is 2.86. The molecule has 0 saturated carbocycles. The van der Waals surface area contributed by atoms with Crippen LogP contribution >= 0.6 is 11.6 Å². The van der Waals surface area contributed by atoms with Crippen LogP contribution in [-0.4, -0.2) is 5.16 Å². The van der Waals surface area contributed by atoms with Crippen LogP contribution in [0.15, 0.2) is 22.7 Å². The first-order chi connectivity index (χ1) is 7.75. The molecule has 1 aliphatic carbocycles. The molecule has 0 radical (unpaired) electrons. The van der Waals surface area contributed by atoms with Gasteiger partial charge in [0.05, 0.1) is 0 Å². The Hall–Kier alpha value is -1.48. The molecule has 4 heteroatoms. The van der Waals surface area contributed by atoms with E-state index in [0.29, 0.717) is 10.7 Å². The lowest BCUT2D eigenvalue weighted by Crippen LogP contribution is -1.85. The first-order valence-corrected chi connectivity index (χ1v) is 5.66. The highest BCUT2D eigenvalue weighted by molar-refractivity contribution is 6.35. The second-order valence-electron chi connectivity index (χ2n) is 4.05. The number of rotatable bonds is 1. The van der Waals surface area contributed by atoms with Gasteiger partial charge in [0.15, 0.2) is 0 Å². The van der Waals surface area contributed by atoms with Crippen LogP contribution in [0.2, 0.25) is 5.02 Å². The fourth-order valence-corrected chi connectivity index (χ4v) is 2.37. The highest BCUT2D eigenvalue weighted by Gasteiger charge is 2.16. The Morgan fingerprint density at radius 1 is 1.25 bits per heavy atom. The van der Waals surface area contributed by atoms with Crippen LogP contribution in [0.3, 0.4) is 0 Å². The van der Waals surface area contributed by atoms with Crippen molar-refractivity contribution < 1.29 is 4.52 Å². The van der Waals surface area contributed by atoms with Crippen LogP contribution in [0.5, 0.6) is 0 Å². The van der Waals surface area contributed by atoms with Gasteiger partial charge in [-0.05, 0) is 36.5 Å². The fraction of sp³-hybridized carbons (Fsp3) is 0.250. The highest BCUT2D eigenvalue weighted by atomic mass is 35.5. The molecule has 0 amide bonds. The number of benzene rings is 1. The lowest BCUT2D eigenvalue weighted by Gasteiger charge is -2.01. The van der Waals surface area contributed by atoms with E-state index in [1.165, 1.54) is 24.0 Å². The second-order valence-corrected chi connectivity index (χ2v) is 4.42. The van der Waals surface area contributed by atoms with Crippen molar-refractivity contribution in [3.8, 4) is 11.3 Å². The molecule has 0 bridgehead atoms. The predicted octanol–water partition coefficient (Wildman–Crippen LogP) is 3.07. The number of nitrogens with zero attached hydrogens (tertiary/aromatic N) is 1. The summed E-state index contributed by atoms with van der Waals surface area (Å²) in [5.41, 5.74) is 9.95. The third-order valence-corrected chi connectivity index (χ3v) is 3.40. The zero-order valence-corrected chi connectivity index (χ0v) is 9.42. The van der Waals surface area contributed by atoms with E-state index in [-0.39, 0.29) is 5.88 Å². The minimum Gasteiger partial charge on any atom is -0.366 e. The zero-order chi connectivity index (χ0) is 11.1. The van der Waals surface area contributed by atoms with Gasteiger partial charge in [-0.15, -0.1) is 0 Å². The molecular formula is C12H11ClN2O. The molecule has 0 fully saturated rings. The quantitative estimate of drug-likeness (QED) is 0.825. The van der Waals surface area contributed by atoms with Crippen LogP contribution in [0, 0.1) is 0 Å². The van der Waals surface area contributed by atoms with Crippen molar-refractivity contribution in [3.05, 3.63) is 34.3 Å². The number of hydrogen-bond acceptors (Lipinski definition) is 3. The van der Waals surface area contributed by atoms with E-state index >= 15 is 0 Å². The Morgan fingerprint density at radius 3 is 2.81 bits per heavy atom. The van der Waals surface area contributed by atoms with Gasteiger partial charge in [0.2, 0.25) is 5.88 Å². The molecule has 1 aliphatic rings. The number of halogens is 1. The standard InChI is InChI=1S/C12H11ClN2O/c13-10-11(15-16-12(10)14)9-5-4-7-2-1-3-8(7)6-9/h4-6H,1-3,14H2. The van der Waals surface area contributed by atoms with Gasteiger partial charge in [0.1, 0.15) is 10.7 Å². The van der Waals surface area contributed by atoms with E-state index in [2.05, 4.69) is 17.3 Å². The molecule has 2 N–H and O–H groups in total. The summed E-state index contributed by atoms with van der Waals surface area (Å²) in [6.07, 6.45) is 3.53. The molecule has 0 unspecified atom stereocenters. The highest BCUT2D eigenvalue weighted by Crippen LogP contribution is 2.34. The number of fused-ring (bicyclic) bond motifs is 1. The third-order valence-electron chi connectivity index (χ3n) is 3.03. The summed E-state index contributed by atoms with van der Waals surface area (Å²) in [7, 11) is 0. The SMILES string of the molecule is Nc1onc(-c2ccc3c(c2)CCC3)c1Cl. The Balaban J connectivity index is 2.10. The molecule has 3 rings (SSSR count). The summed E-state index contributed by atoms with van der Waals surface area (Å²) in [6, 6.07) is 6.29. The van der Waals surface area contributed by atoms with E-state index in [9.17, 15) is 0 Å². The molecule has 0 spiro atoms. The monoisotopic (exact) mass is 234 g/mol. The lowest BCUT2D eigenvalue weighted by molar-refractivity contribution is 0.439. The van der Waals surface area contributed by atoms with Crippen LogP contribution in [0.1, 0.15) is 17.5 Å². The Bertz CT molecular complexity index is 548. The zero-order valence-electron chi connectivity index (χ0n) is 8.66. The number of anilines is 1. The summed E-state index contributed by atoms with van der Waals surface area (Å²) in [6.45, 7) is 0. The maximum Gasteiger partial charge on any atom is 0.241 e. The van der Waals surface area contributed by atoms with Gasteiger partial charge in [0.25, 0.3) is 0 Å². The van der Waals surface area contributed by atoms with Gasteiger partial charge < -0.3 is 10.3 Å². The number of nitrogens with two attached hydrogens (primary N) is 1. The summed E-state index contributed by atoms with van der Waals surface area (Å²) in [4.78, 5) is 0. The molecule has 0 saturated heterocycles. The molecule has 1 heterocycles. The van der Waals surface area contributed by atoms with Crippen molar-refractivity contribution in [1.82, 2.24) is 5.16 Å². The molecule has 82 valence electrons. The smallest absolute Gasteiger partial charge is 0.241 e. The predicted molar refractivity (Wildman–Crippen MR) is 63.4 cm³/mol. The van der Waals surface area contributed by atoms with E-state index in [4.69, 9.17) is 21.9 Å². The number of nitrogen functional groups attached to an aromatic ring is 1. The summed E-state index contributed by atoms with van der Waals surface area (Å²) in [5, 5.41) is 4.28. The second kappa shape index (κ2) is 3.52. The molecule has 0 atom stereocenters. The van der Waals surface area contributed by atoms with E-state index < -0.39 is 0 Å². The maximum absolute atomic E-state index is 6.01. The van der Waals surface area contributed by atoms with Crippen LogP contribution in [0.4, 0.5) is 5.88 Å². The summed E-state index contributed by atoms with van der Waals surface area (Å²) in [5.74, 6) is 0.178. The van der Waals surface area contributed by atoms with Crippen molar-refractivity contribution in [1.29, 1.82) is 0 Å². The van der Waals surface area contributed by atoms with Crippen molar-refractivity contribution in [3.63, 3.8) is 0 Å². The van der Waals surface area contributed by atoms with Crippen molar-refractivity contribution in [2.24, 2.45) is 0 Å². The van der Waals surface area contributed by atoms with Crippen LogP contribution < -0.4 is 5.73 Å². The molecule has 1 aromatic carbocycles. The van der Waals surface area contributed by atoms with Gasteiger partial charge in [-0.25, -0.2) is 0 Å². The third kappa shape index (κ3) is 1.39. The van der Waals surface area contributed by atoms with Gasteiger partial charge in [0, 0.05) is 5.56 Å². The Labute approximate surface area is 98.2 Å². The molecule has 3 nitrogen and oxygen atoms in total. The maximum atomic E-state index is 6.01. The average molecular weight is 235 g/mol. The normalized spacial score (nSPS) is 14.1. The van der Waals surface area contributed by atoms with Gasteiger partial charge >= 0.3 is 0 Å². The van der Waals surface area contributed by atoms with Gasteiger partial charge in [-0.3, -0.25) is 0 Å². The van der Waals surface area contributed by atoms with E-state index in [1.54, 1.807) is 0 Å². The molecule has 16 heavy (non-hydrogen) atoms. The lowest BCUT2D eigenvalue weighted by atomic mass is 10.0. The topological polar surface area (TPSA) is 52.0 Å². The van der Waals surface area contributed by atoms with Crippen molar-refractivity contribution >= 4 is 17.5 Å². The van der Waals surface area contributed by atoms with Crippen LogP contribution in [0.25, 0.3) is 11.3 Å². The van der Waals surface area contributed by atoms with Gasteiger partial charge in [-0.2, -0.15) is 0 Å². The minimum atomic E-state index is 0.178. The molecule has 2 aromatic rings. The summed E-state index contributed by atoms with van der Waals surface area (Å²) >= 11 is 6.01. The van der Waals surface area contributed by atoms with Gasteiger partial charge in [-0.1, -0.05) is 28.9 Å².